The number of nitrogens with zero attached hydrogens (tertiary/aromatic N) is 1. The maximum Gasteiger partial charge on any atom is 0.307 e. The maximum absolute atomic E-state index is 13.4. The molecule has 0 saturated heterocycles. The van der Waals surface area contributed by atoms with Gasteiger partial charge in [0.1, 0.15) is 0 Å². The van der Waals surface area contributed by atoms with Crippen molar-refractivity contribution < 1.29 is 21.8 Å². The highest BCUT2D eigenvalue weighted by atomic mass is 32.2. The van der Waals surface area contributed by atoms with Gasteiger partial charge in [0.05, 0.1) is 6.26 Å². The number of hydrogen-bond acceptors (Lipinski definition) is 5. The van der Waals surface area contributed by atoms with Gasteiger partial charge < -0.3 is 9.50 Å². The molecule has 0 aliphatic heterocycles. The van der Waals surface area contributed by atoms with Crippen LogP contribution in [0.2, 0.25) is 0 Å². The molecule has 1 N–H and O–H groups in total. The molecule has 0 spiro atoms. The molecule has 0 aromatic carbocycles. The fourth-order valence-electron chi connectivity index (χ4n) is 1.12. The largest absolute Gasteiger partial charge is 0.362 e. The molecule has 100 valence electrons. The summed E-state index contributed by atoms with van der Waals surface area (Å²) in [7, 11) is -3.77. The molecule has 1 aromatic heterocycles. The summed E-state index contributed by atoms with van der Waals surface area (Å²) in [6.07, 6.45) is 0.825. The summed E-state index contributed by atoms with van der Waals surface area (Å²) in [6.45, 7) is 3.40. The molecule has 1 aromatic rings. The molecule has 18 heavy (non-hydrogen) atoms. The van der Waals surface area contributed by atoms with E-state index in [2.05, 4.69) is 14.5 Å². The molecule has 0 radical (unpaired) electrons. The van der Waals surface area contributed by atoms with Crippen molar-refractivity contribution in [2.75, 3.05) is 6.26 Å². The monoisotopic (exact) mass is 276 g/mol. The van der Waals surface area contributed by atoms with Crippen LogP contribution in [0.3, 0.4) is 0 Å². The summed E-state index contributed by atoms with van der Waals surface area (Å²) in [4.78, 5) is 15.1. The van der Waals surface area contributed by atoms with Crippen LogP contribution in [0.1, 0.15) is 24.3 Å². The van der Waals surface area contributed by atoms with E-state index in [9.17, 15) is 17.6 Å². The number of amides is 1. The minimum Gasteiger partial charge on any atom is -0.362 e. The fraction of sp³-hybridized carbons (Fsp3) is 0.400. The Morgan fingerprint density at radius 2 is 2.06 bits per heavy atom. The van der Waals surface area contributed by atoms with E-state index in [0.717, 1.165) is 18.4 Å². The van der Waals surface area contributed by atoms with Crippen molar-refractivity contribution in [1.29, 1.82) is 0 Å². The zero-order valence-corrected chi connectivity index (χ0v) is 10.9. The van der Waals surface area contributed by atoms with E-state index in [0.29, 0.717) is 0 Å². The van der Waals surface area contributed by atoms with Crippen molar-refractivity contribution in [3.63, 3.8) is 0 Å². The fourth-order valence-corrected chi connectivity index (χ4v) is 1.52. The normalized spacial score (nSPS) is 11.4. The highest BCUT2D eigenvalue weighted by Crippen LogP contribution is 2.13. The van der Waals surface area contributed by atoms with E-state index >= 15 is 0 Å². The first kappa shape index (κ1) is 14.4. The van der Waals surface area contributed by atoms with Gasteiger partial charge in [-0.3, -0.25) is 4.79 Å². The Bertz CT molecular complexity index is 557. The minimum absolute atomic E-state index is 0.196. The van der Waals surface area contributed by atoms with E-state index in [4.69, 9.17) is 0 Å². The molecule has 0 atom stereocenters. The average Bonchev–Trinajstić information content (AvgIpc) is 2.17. The van der Waals surface area contributed by atoms with Crippen molar-refractivity contribution in [3.05, 3.63) is 23.6 Å². The van der Waals surface area contributed by atoms with E-state index in [-0.39, 0.29) is 11.9 Å². The lowest BCUT2D eigenvalue weighted by Gasteiger charge is -2.09. The third-order valence-corrected chi connectivity index (χ3v) is 2.17. The lowest BCUT2D eigenvalue weighted by atomic mass is 10.3. The number of nitrogens with one attached hydrogen (secondary N) is 1. The van der Waals surface area contributed by atoms with Gasteiger partial charge in [0, 0.05) is 12.1 Å². The smallest absolute Gasteiger partial charge is 0.307 e. The second kappa shape index (κ2) is 5.30. The lowest BCUT2D eigenvalue weighted by molar-refractivity contribution is 0.0933. The van der Waals surface area contributed by atoms with Crippen molar-refractivity contribution >= 4 is 16.0 Å². The van der Waals surface area contributed by atoms with Crippen LogP contribution >= 0.6 is 0 Å². The summed E-state index contributed by atoms with van der Waals surface area (Å²) in [6, 6.07) is 1.75. The molecule has 1 rings (SSSR count). The van der Waals surface area contributed by atoms with Gasteiger partial charge in [-0.15, -0.1) is 0 Å². The van der Waals surface area contributed by atoms with Gasteiger partial charge in [0.2, 0.25) is 5.88 Å². The summed E-state index contributed by atoms with van der Waals surface area (Å²) < 4.78 is 39.6. The summed E-state index contributed by atoms with van der Waals surface area (Å²) in [5.41, 5.74) is -0.509. The van der Waals surface area contributed by atoms with Gasteiger partial charge in [0.25, 0.3) is 5.91 Å². The third kappa shape index (κ3) is 4.28. The van der Waals surface area contributed by atoms with E-state index in [1.54, 1.807) is 13.8 Å². The highest BCUT2D eigenvalue weighted by molar-refractivity contribution is 7.86. The molecule has 8 heteroatoms. The van der Waals surface area contributed by atoms with Crippen LogP contribution in [0.15, 0.2) is 12.1 Å². The standard InChI is InChI=1S/C10H13FN2O4S/c1-6(2)12-10(14)9-7(11)4-5-8(13-9)17-18(3,15)16/h4-6H,1-3H3,(H,12,14). The van der Waals surface area contributed by atoms with Gasteiger partial charge in [-0.05, 0) is 19.9 Å². The van der Waals surface area contributed by atoms with Crippen LogP contribution in [-0.2, 0) is 10.1 Å². The van der Waals surface area contributed by atoms with Crippen LogP contribution in [0.25, 0.3) is 0 Å². The summed E-state index contributed by atoms with van der Waals surface area (Å²) in [5.74, 6) is -1.94. The second-order valence-electron chi connectivity index (χ2n) is 3.90. The van der Waals surface area contributed by atoms with E-state index in [1.807, 2.05) is 0 Å². The van der Waals surface area contributed by atoms with Crippen LogP contribution in [0, 0.1) is 5.82 Å². The number of rotatable bonds is 4. The number of hydrogen-bond donors (Lipinski definition) is 1. The Morgan fingerprint density at radius 3 is 2.56 bits per heavy atom. The molecule has 0 saturated carbocycles. The summed E-state index contributed by atoms with van der Waals surface area (Å²) >= 11 is 0. The van der Waals surface area contributed by atoms with Crippen molar-refractivity contribution in [2.45, 2.75) is 19.9 Å². The Kier molecular flexibility index (Phi) is 4.23. The highest BCUT2D eigenvalue weighted by Gasteiger charge is 2.17. The lowest BCUT2D eigenvalue weighted by Crippen LogP contribution is -2.31. The molecular formula is C10H13FN2O4S. The van der Waals surface area contributed by atoms with Crippen molar-refractivity contribution in [2.24, 2.45) is 0 Å². The quantitative estimate of drug-likeness (QED) is 0.818. The van der Waals surface area contributed by atoms with Crippen LogP contribution in [0.5, 0.6) is 5.88 Å². The average molecular weight is 276 g/mol. The third-order valence-electron chi connectivity index (χ3n) is 1.69. The molecule has 0 fully saturated rings. The Balaban J connectivity index is 3.05. The topological polar surface area (TPSA) is 85.4 Å². The number of pyridine rings is 1. The minimum atomic E-state index is -3.77. The van der Waals surface area contributed by atoms with E-state index in [1.165, 1.54) is 0 Å². The number of carbonyl (C=O) groups excluding carboxylic acids is 1. The first-order valence-electron chi connectivity index (χ1n) is 5.06. The number of carbonyl (C=O) groups is 1. The van der Waals surface area contributed by atoms with Gasteiger partial charge in [0.15, 0.2) is 11.5 Å². The predicted molar refractivity (Wildman–Crippen MR) is 62.3 cm³/mol. The molecule has 6 nitrogen and oxygen atoms in total. The van der Waals surface area contributed by atoms with Gasteiger partial charge in [-0.1, -0.05) is 0 Å². The molecule has 0 bridgehead atoms. The van der Waals surface area contributed by atoms with E-state index < -0.39 is 27.5 Å². The molecule has 0 unspecified atom stereocenters. The zero-order valence-electron chi connectivity index (χ0n) is 10.1. The first-order chi connectivity index (χ1) is 8.19. The van der Waals surface area contributed by atoms with Crippen molar-refractivity contribution in [1.82, 2.24) is 10.3 Å². The van der Waals surface area contributed by atoms with Crippen molar-refractivity contribution in [3.8, 4) is 5.88 Å². The van der Waals surface area contributed by atoms with Crippen LogP contribution in [-0.4, -0.2) is 31.6 Å². The Morgan fingerprint density at radius 1 is 1.44 bits per heavy atom. The van der Waals surface area contributed by atoms with Gasteiger partial charge in [-0.25, -0.2) is 9.37 Å². The molecular weight excluding hydrogens is 263 g/mol. The van der Waals surface area contributed by atoms with Gasteiger partial charge in [-0.2, -0.15) is 8.42 Å². The molecule has 0 aliphatic carbocycles. The molecule has 1 amide bonds. The molecule has 0 aliphatic rings. The Hall–Kier alpha value is -1.70. The number of halogens is 1. The Labute approximate surface area is 104 Å². The zero-order chi connectivity index (χ0) is 13.9. The summed E-state index contributed by atoms with van der Waals surface area (Å²) in [5, 5.41) is 2.44. The first-order valence-corrected chi connectivity index (χ1v) is 6.87. The van der Waals surface area contributed by atoms with Crippen LogP contribution in [0.4, 0.5) is 4.39 Å². The number of aromatic nitrogens is 1. The SMILES string of the molecule is CC(C)NC(=O)c1nc(OS(C)(=O)=O)ccc1F. The predicted octanol–water partition coefficient (Wildman–Crippen LogP) is 0.697. The van der Waals surface area contributed by atoms with Crippen LogP contribution < -0.4 is 9.50 Å². The maximum atomic E-state index is 13.4. The molecule has 1 heterocycles. The second-order valence-corrected chi connectivity index (χ2v) is 5.47. The van der Waals surface area contributed by atoms with Gasteiger partial charge >= 0.3 is 10.1 Å².